The zero-order chi connectivity index (χ0) is 8.10. The summed E-state index contributed by atoms with van der Waals surface area (Å²) in [6.07, 6.45) is 3.01. The highest BCUT2D eigenvalue weighted by Crippen LogP contribution is 1.91. The molecule has 12 heavy (non-hydrogen) atoms. The molecule has 1 rings (SSSR count). The lowest BCUT2D eigenvalue weighted by Gasteiger charge is -1.98. The third-order valence-corrected chi connectivity index (χ3v) is 1.74. The molecular formula is C9H14BrNO. The Hall–Kier alpha value is -0.410. The summed E-state index contributed by atoms with van der Waals surface area (Å²) in [5.74, 6) is 0. The highest BCUT2D eigenvalue weighted by molar-refractivity contribution is 4.96. The van der Waals surface area contributed by atoms with E-state index in [-0.39, 0.29) is 23.6 Å². The third-order valence-electron chi connectivity index (χ3n) is 1.74. The first-order valence-electron chi connectivity index (χ1n) is 3.96. The van der Waals surface area contributed by atoms with Gasteiger partial charge in [-0.05, 0) is 0 Å². The van der Waals surface area contributed by atoms with E-state index in [1.165, 1.54) is 5.69 Å². The molecular weight excluding hydrogens is 218 g/mol. The van der Waals surface area contributed by atoms with E-state index in [1.807, 2.05) is 18.3 Å². The Labute approximate surface area is 83.6 Å². The quantitative estimate of drug-likeness (QED) is 0.574. The van der Waals surface area contributed by atoms with E-state index in [1.54, 1.807) is 0 Å². The second-order valence-corrected chi connectivity index (χ2v) is 2.46. The summed E-state index contributed by atoms with van der Waals surface area (Å²) in [7, 11) is 0. The highest BCUT2D eigenvalue weighted by atomic mass is 79.9. The first-order valence-corrected chi connectivity index (χ1v) is 3.96. The Morgan fingerprint density at radius 1 is 1.42 bits per heavy atom. The van der Waals surface area contributed by atoms with E-state index in [0.29, 0.717) is 6.54 Å². The van der Waals surface area contributed by atoms with E-state index in [0.717, 1.165) is 6.42 Å². The standard InChI is InChI=1S/C9H14NO.BrH/c1-2-9-5-3-4-6-10(9)7-8-11;/h3-6,11H,2,7-8H2,1H3;1H/q+1;/p-1. The Morgan fingerprint density at radius 3 is 2.75 bits per heavy atom. The van der Waals surface area contributed by atoms with Gasteiger partial charge < -0.3 is 22.1 Å². The van der Waals surface area contributed by atoms with Crippen LogP contribution in [0, 0.1) is 0 Å². The molecule has 2 nitrogen and oxygen atoms in total. The van der Waals surface area contributed by atoms with Crippen LogP contribution in [0.1, 0.15) is 12.6 Å². The smallest absolute Gasteiger partial charge is 0.181 e. The molecule has 3 heteroatoms. The minimum absolute atomic E-state index is 0. The molecule has 0 aliphatic heterocycles. The summed E-state index contributed by atoms with van der Waals surface area (Å²) in [4.78, 5) is 0. The van der Waals surface area contributed by atoms with Gasteiger partial charge in [-0.15, -0.1) is 0 Å². The predicted octanol–water partition coefficient (Wildman–Crippen LogP) is -2.47. The van der Waals surface area contributed by atoms with Crippen molar-refractivity contribution in [3.05, 3.63) is 30.1 Å². The Morgan fingerprint density at radius 2 is 2.17 bits per heavy atom. The molecule has 1 heterocycles. The first-order chi connectivity index (χ1) is 5.38. The van der Waals surface area contributed by atoms with Crippen molar-refractivity contribution < 1.29 is 26.7 Å². The minimum Gasteiger partial charge on any atom is -1.00 e. The van der Waals surface area contributed by atoms with E-state index >= 15 is 0 Å². The molecule has 1 N–H and O–H groups in total. The molecule has 0 amide bonds. The molecule has 0 unspecified atom stereocenters. The van der Waals surface area contributed by atoms with Crippen molar-refractivity contribution in [2.24, 2.45) is 0 Å². The summed E-state index contributed by atoms with van der Waals surface area (Å²) >= 11 is 0. The van der Waals surface area contributed by atoms with Crippen molar-refractivity contribution >= 4 is 0 Å². The van der Waals surface area contributed by atoms with E-state index in [4.69, 9.17) is 5.11 Å². The maximum absolute atomic E-state index is 8.72. The number of pyridine rings is 1. The monoisotopic (exact) mass is 231 g/mol. The van der Waals surface area contributed by atoms with E-state index in [9.17, 15) is 0 Å². The molecule has 0 spiro atoms. The zero-order valence-corrected chi connectivity index (χ0v) is 8.79. The van der Waals surface area contributed by atoms with Crippen LogP contribution in [0.3, 0.4) is 0 Å². The van der Waals surface area contributed by atoms with Crippen LogP contribution in [0.15, 0.2) is 24.4 Å². The molecule has 1 aromatic heterocycles. The van der Waals surface area contributed by atoms with Gasteiger partial charge in [-0.1, -0.05) is 13.0 Å². The molecule has 0 saturated carbocycles. The van der Waals surface area contributed by atoms with Gasteiger partial charge in [0.05, 0.1) is 0 Å². The van der Waals surface area contributed by atoms with Crippen LogP contribution in [0.2, 0.25) is 0 Å². The van der Waals surface area contributed by atoms with Crippen molar-refractivity contribution in [3.8, 4) is 0 Å². The van der Waals surface area contributed by atoms with Gasteiger partial charge in [0.15, 0.2) is 18.4 Å². The Balaban J connectivity index is 0.00000121. The molecule has 0 aliphatic rings. The third kappa shape index (κ3) is 2.91. The fraction of sp³-hybridized carbons (Fsp3) is 0.444. The number of aryl methyl sites for hydroxylation is 1. The van der Waals surface area contributed by atoms with Gasteiger partial charge in [0.25, 0.3) is 0 Å². The Kier molecular flexibility index (Phi) is 5.93. The SMILES string of the molecule is CCc1cccc[n+]1CCO.[Br-]. The molecule has 0 radical (unpaired) electrons. The average molecular weight is 232 g/mol. The number of hydrogen-bond donors (Lipinski definition) is 1. The Bertz CT molecular complexity index is 228. The molecule has 0 atom stereocenters. The van der Waals surface area contributed by atoms with Crippen molar-refractivity contribution in [2.75, 3.05) is 6.61 Å². The first kappa shape index (κ1) is 11.6. The van der Waals surface area contributed by atoms with Crippen molar-refractivity contribution in [2.45, 2.75) is 19.9 Å². The molecule has 0 saturated heterocycles. The lowest BCUT2D eigenvalue weighted by molar-refractivity contribution is -0.705. The molecule has 1 aromatic rings. The lowest BCUT2D eigenvalue weighted by Crippen LogP contribution is -3.00. The van der Waals surface area contributed by atoms with Crippen molar-refractivity contribution in [1.82, 2.24) is 0 Å². The number of rotatable bonds is 3. The van der Waals surface area contributed by atoms with Crippen LogP contribution in [0.5, 0.6) is 0 Å². The van der Waals surface area contributed by atoms with Crippen LogP contribution in [-0.2, 0) is 13.0 Å². The zero-order valence-electron chi connectivity index (χ0n) is 7.20. The van der Waals surface area contributed by atoms with Crippen LogP contribution >= 0.6 is 0 Å². The van der Waals surface area contributed by atoms with Crippen LogP contribution in [0.25, 0.3) is 0 Å². The largest absolute Gasteiger partial charge is 1.00 e. The summed E-state index contributed by atoms with van der Waals surface area (Å²) in [5.41, 5.74) is 1.27. The van der Waals surface area contributed by atoms with E-state index < -0.39 is 0 Å². The topological polar surface area (TPSA) is 24.1 Å². The predicted molar refractivity (Wildman–Crippen MR) is 43.1 cm³/mol. The second kappa shape index (κ2) is 6.14. The fourth-order valence-corrected chi connectivity index (χ4v) is 1.16. The maximum atomic E-state index is 8.72. The van der Waals surface area contributed by atoms with Gasteiger partial charge in [0, 0.05) is 18.6 Å². The van der Waals surface area contributed by atoms with Crippen molar-refractivity contribution in [1.29, 1.82) is 0 Å². The van der Waals surface area contributed by atoms with Gasteiger partial charge in [0.1, 0.15) is 6.61 Å². The van der Waals surface area contributed by atoms with Crippen LogP contribution in [0.4, 0.5) is 0 Å². The van der Waals surface area contributed by atoms with Gasteiger partial charge in [-0.3, -0.25) is 0 Å². The number of hydrogen-bond acceptors (Lipinski definition) is 1. The number of aromatic nitrogens is 1. The summed E-state index contributed by atoms with van der Waals surface area (Å²) in [6, 6.07) is 6.08. The summed E-state index contributed by atoms with van der Waals surface area (Å²) in [5, 5.41) is 8.72. The highest BCUT2D eigenvalue weighted by Gasteiger charge is 2.04. The molecule has 0 aromatic carbocycles. The van der Waals surface area contributed by atoms with Gasteiger partial charge in [0.2, 0.25) is 0 Å². The normalized spacial score (nSPS) is 9.17. The fourth-order valence-electron chi connectivity index (χ4n) is 1.16. The van der Waals surface area contributed by atoms with Gasteiger partial charge in [-0.25, -0.2) is 4.57 Å². The molecule has 68 valence electrons. The number of halogens is 1. The van der Waals surface area contributed by atoms with E-state index in [2.05, 4.69) is 17.6 Å². The molecule has 0 fully saturated rings. The number of aliphatic hydroxyl groups excluding tert-OH is 1. The lowest BCUT2D eigenvalue weighted by atomic mass is 10.3. The van der Waals surface area contributed by atoms with Gasteiger partial charge >= 0.3 is 0 Å². The van der Waals surface area contributed by atoms with Gasteiger partial charge in [-0.2, -0.15) is 0 Å². The number of nitrogens with zero attached hydrogens (tertiary/aromatic N) is 1. The average Bonchev–Trinajstić information content (AvgIpc) is 2.06. The summed E-state index contributed by atoms with van der Waals surface area (Å²) < 4.78 is 2.07. The van der Waals surface area contributed by atoms with Crippen LogP contribution < -0.4 is 21.5 Å². The minimum atomic E-state index is 0. The second-order valence-electron chi connectivity index (χ2n) is 2.46. The molecule has 0 aliphatic carbocycles. The van der Waals surface area contributed by atoms with Crippen molar-refractivity contribution in [3.63, 3.8) is 0 Å². The summed E-state index contributed by atoms with van der Waals surface area (Å²) in [6.45, 7) is 3.02. The maximum Gasteiger partial charge on any atom is 0.181 e. The number of aliphatic hydroxyl groups is 1. The van der Waals surface area contributed by atoms with Crippen LogP contribution in [-0.4, -0.2) is 11.7 Å². The molecule has 0 bridgehead atoms.